The van der Waals surface area contributed by atoms with Crippen molar-refractivity contribution < 1.29 is 13.5 Å². The molecule has 4 nitrogen and oxygen atoms in total. The van der Waals surface area contributed by atoms with E-state index in [1.807, 2.05) is 0 Å². The highest BCUT2D eigenvalue weighted by molar-refractivity contribution is 7.92. The van der Waals surface area contributed by atoms with Gasteiger partial charge in [0, 0.05) is 11.1 Å². The van der Waals surface area contributed by atoms with Gasteiger partial charge in [0.25, 0.3) is 10.0 Å². The fourth-order valence-electron chi connectivity index (χ4n) is 1.46. The van der Waals surface area contributed by atoms with Gasteiger partial charge < -0.3 is 5.11 Å². The molecule has 0 heterocycles. The van der Waals surface area contributed by atoms with Gasteiger partial charge in [0.15, 0.2) is 0 Å². The van der Waals surface area contributed by atoms with Crippen molar-refractivity contribution in [3.05, 3.63) is 52.5 Å². The van der Waals surface area contributed by atoms with E-state index in [1.54, 1.807) is 0 Å². The molecule has 0 atom stereocenters. The number of anilines is 1. The molecule has 100 valence electrons. The van der Waals surface area contributed by atoms with E-state index in [4.69, 9.17) is 23.2 Å². The first-order chi connectivity index (χ1) is 8.88. The summed E-state index contributed by atoms with van der Waals surface area (Å²) in [4.78, 5) is -0.120. The monoisotopic (exact) mass is 317 g/mol. The number of sulfonamides is 1. The van der Waals surface area contributed by atoms with Crippen LogP contribution in [-0.2, 0) is 10.0 Å². The van der Waals surface area contributed by atoms with Crippen LogP contribution in [0.5, 0.6) is 5.75 Å². The van der Waals surface area contributed by atoms with Gasteiger partial charge in [-0.3, -0.25) is 4.72 Å². The highest BCUT2D eigenvalue weighted by Crippen LogP contribution is 2.27. The maximum Gasteiger partial charge on any atom is 0.263 e. The van der Waals surface area contributed by atoms with E-state index < -0.39 is 10.0 Å². The van der Waals surface area contributed by atoms with E-state index in [1.165, 1.54) is 42.5 Å². The quantitative estimate of drug-likeness (QED) is 0.910. The molecular weight excluding hydrogens is 309 g/mol. The van der Waals surface area contributed by atoms with Crippen molar-refractivity contribution in [3.63, 3.8) is 0 Å². The highest BCUT2D eigenvalue weighted by atomic mass is 35.5. The minimum Gasteiger partial charge on any atom is -0.508 e. The van der Waals surface area contributed by atoms with E-state index in [0.717, 1.165) is 0 Å². The highest BCUT2D eigenvalue weighted by Gasteiger charge is 2.18. The summed E-state index contributed by atoms with van der Waals surface area (Å²) in [7, 11) is -3.86. The number of nitrogens with one attached hydrogen (secondary N) is 1. The van der Waals surface area contributed by atoms with Crippen molar-refractivity contribution in [2.24, 2.45) is 0 Å². The van der Waals surface area contributed by atoms with Crippen LogP contribution in [0.25, 0.3) is 0 Å². The zero-order chi connectivity index (χ0) is 14.0. The molecule has 0 fully saturated rings. The maximum absolute atomic E-state index is 12.2. The zero-order valence-corrected chi connectivity index (χ0v) is 11.8. The SMILES string of the molecule is O=S(=O)(Nc1cccc(O)c1)c1cc(Cl)ccc1Cl. The van der Waals surface area contributed by atoms with Crippen LogP contribution in [0.4, 0.5) is 5.69 Å². The standard InChI is InChI=1S/C12H9Cl2NO3S/c13-8-4-5-11(14)12(6-8)19(17,18)15-9-2-1-3-10(16)7-9/h1-7,15-16H. The molecule has 2 N–H and O–H groups in total. The lowest BCUT2D eigenvalue weighted by molar-refractivity contribution is 0.475. The smallest absolute Gasteiger partial charge is 0.263 e. The molecule has 2 aromatic rings. The molecule has 0 radical (unpaired) electrons. The predicted octanol–water partition coefficient (Wildman–Crippen LogP) is 3.50. The van der Waals surface area contributed by atoms with Crippen molar-refractivity contribution in [3.8, 4) is 5.75 Å². The molecule has 0 saturated carbocycles. The summed E-state index contributed by atoms with van der Waals surface area (Å²) in [5, 5.41) is 9.63. The van der Waals surface area contributed by atoms with E-state index in [9.17, 15) is 13.5 Å². The topological polar surface area (TPSA) is 66.4 Å². The predicted molar refractivity (Wildman–Crippen MR) is 75.4 cm³/mol. The number of rotatable bonds is 3. The van der Waals surface area contributed by atoms with Crippen LogP contribution in [0.3, 0.4) is 0 Å². The fourth-order valence-corrected chi connectivity index (χ4v) is 3.28. The van der Waals surface area contributed by atoms with Crippen LogP contribution >= 0.6 is 23.2 Å². The second-order valence-electron chi connectivity index (χ2n) is 3.73. The van der Waals surface area contributed by atoms with Gasteiger partial charge in [-0.1, -0.05) is 29.3 Å². The second kappa shape index (κ2) is 5.28. The molecule has 0 amide bonds. The summed E-state index contributed by atoms with van der Waals surface area (Å²) >= 11 is 11.6. The van der Waals surface area contributed by atoms with Crippen LogP contribution in [0.2, 0.25) is 10.0 Å². The third-order valence-corrected chi connectivity index (χ3v) is 4.38. The lowest BCUT2D eigenvalue weighted by atomic mass is 10.3. The first-order valence-corrected chi connectivity index (χ1v) is 7.39. The first-order valence-electron chi connectivity index (χ1n) is 5.15. The summed E-state index contributed by atoms with van der Waals surface area (Å²) in [6.07, 6.45) is 0. The summed E-state index contributed by atoms with van der Waals surface area (Å²) in [6, 6.07) is 9.91. The third-order valence-electron chi connectivity index (χ3n) is 2.28. The van der Waals surface area contributed by atoms with Crippen LogP contribution in [-0.4, -0.2) is 13.5 Å². The van der Waals surface area contributed by atoms with Gasteiger partial charge in [0.1, 0.15) is 10.6 Å². The Hall–Kier alpha value is -1.43. The van der Waals surface area contributed by atoms with Gasteiger partial charge in [-0.05, 0) is 30.3 Å². The average molecular weight is 318 g/mol. The molecule has 19 heavy (non-hydrogen) atoms. The molecule has 0 unspecified atom stereocenters. The van der Waals surface area contributed by atoms with E-state index in [-0.39, 0.29) is 26.4 Å². The Morgan fingerprint density at radius 1 is 1.05 bits per heavy atom. The Balaban J connectivity index is 2.40. The lowest BCUT2D eigenvalue weighted by Gasteiger charge is -2.10. The zero-order valence-electron chi connectivity index (χ0n) is 9.47. The molecule has 0 aliphatic rings. The Labute approximate surface area is 120 Å². The number of halogens is 2. The summed E-state index contributed by atoms with van der Waals surface area (Å²) in [5.41, 5.74) is 0.232. The van der Waals surface area contributed by atoms with Crippen molar-refractivity contribution in [1.29, 1.82) is 0 Å². The molecule has 2 aromatic carbocycles. The Bertz CT molecular complexity index is 717. The van der Waals surface area contributed by atoms with E-state index >= 15 is 0 Å². The Morgan fingerprint density at radius 3 is 2.47 bits per heavy atom. The number of phenols is 1. The Kier molecular flexibility index (Phi) is 3.89. The third kappa shape index (κ3) is 3.32. The van der Waals surface area contributed by atoms with E-state index in [2.05, 4.69) is 4.72 Å². The van der Waals surface area contributed by atoms with Gasteiger partial charge >= 0.3 is 0 Å². The molecule has 0 spiro atoms. The summed E-state index contributed by atoms with van der Waals surface area (Å²) < 4.78 is 26.6. The van der Waals surface area contributed by atoms with Crippen LogP contribution < -0.4 is 4.72 Å². The fraction of sp³-hybridized carbons (Fsp3) is 0. The van der Waals surface area contributed by atoms with Crippen LogP contribution in [0.15, 0.2) is 47.4 Å². The summed E-state index contributed by atoms with van der Waals surface area (Å²) in [5.74, 6) is -0.0441. The molecule has 0 aliphatic heterocycles. The van der Waals surface area contributed by atoms with Crippen molar-refractivity contribution >= 4 is 38.9 Å². The summed E-state index contributed by atoms with van der Waals surface area (Å²) in [6.45, 7) is 0. The first kappa shape index (κ1) is 14.0. The molecule has 0 aliphatic carbocycles. The largest absolute Gasteiger partial charge is 0.508 e. The van der Waals surface area contributed by atoms with Crippen molar-refractivity contribution in [2.45, 2.75) is 4.90 Å². The van der Waals surface area contributed by atoms with Crippen LogP contribution in [0.1, 0.15) is 0 Å². The molecule has 0 aromatic heterocycles. The van der Waals surface area contributed by atoms with Gasteiger partial charge in [-0.15, -0.1) is 0 Å². The number of hydrogen-bond donors (Lipinski definition) is 2. The normalized spacial score (nSPS) is 11.3. The average Bonchev–Trinajstić information content (AvgIpc) is 2.31. The van der Waals surface area contributed by atoms with E-state index in [0.29, 0.717) is 0 Å². The molecule has 0 saturated heterocycles. The minimum atomic E-state index is -3.86. The Morgan fingerprint density at radius 2 is 1.79 bits per heavy atom. The van der Waals surface area contributed by atoms with Gasteiger partial charge in [-0.2, -0.15) is 0 Å². The van der Waals surface area contributed by atoms with Crippen LogP contribution in [0, 0.1) is 0 Å². The van der Waals surface area contributed by atoms with Gasteiger partial charge in [0.05, 0.1) is 10.7 Å². The molecule has 2 rings (SSSR count). The lowest BCUT2D eigenvalue weighted by Crippen LogP contribution is -2.13. The molecule has 0 bridgehead atoms. The minimum absolute atomic E-state index is 0.0441. The maximum atomic E-state index is 12.2. The number of benzene rings is 2. The molecule has 7 heteroatoms. The number of phenolic OH excluding ortho intramolecular Hbond substituents is 1. The van der Waals surface area contributed by atoms with Gasteiger partial charge in [-0.25, -0.2) is 8.42 Å². The second-order valence-corrected chi connectivity index (χ2v) is 6.23. The van der Waals surface area contributed by atoms with Gasteiger partial charge in [0.2, 0.25) is 0 Å². The molecular formula is C12H9Cl2NO3S. The van der Waals surface area contributed by atoms with Crippen molar-refractivity contribution in [2.75, 3.05) is 4.72 Å². The number of aromatic hydroxyl groups is 1. The van der Waals surface area contributed by atoms with Crippen molar-refractivity contribution in [1.82, 2.24) is 0 Å². The number of hydrogen-bond acceptors (Lipinski definition) is 3.